The number of aromatic nitrogens is 3. The molecule has 7 heteroatoms. The molecular weight excluding hydrogens is 316 g/mol. The fraction of sp³-hybridized carbons (Fsp3) is 0.500. The van der Waals surface area contributed by atoms with Gasteiger partial charge in [0.1, 0.15) is 12.2 Å². The lowest BCUT2D eigenvalue weighted by Crippen LogP contribution is -2.44. The van der Waals surface area contributed by atoms with Crippen molar-refractivity contribution in [3.63, 3.8) is 0 Å². The third-order valence-corrected chi connectivity index (χ3v) is 4.91. The van der Waals surface area contributed by atoms with Crippen molar-refractivity contribution in [3.05, 3.63) is 48.0 Å². The second-order valence-corrected chi connectivity index (χ2v) is 6.67. The number of carbonyl (C=O) groups is 1. The summed E-state index contributed by atoms with van der Waals surface area (Å²) in [5, 5.41) is 7.17. The minimum absolute atomic E-state index is 0.0674. The number of likely N-dealkylation sites (tertiary alicyclic amines) is 1. The summed E-state index contributed by atoms with van der Waals surface area (Å²) in [6.07, 6.45) is 2.47. The normalized spacial score (nSPS) is 18.9. The maximum Gasteiger partial charge on any atom is 0.317 e. The summed E-state index contributed by atoms with van der Waals surface area (Å²) in [5.41, 5.74) is 1.31. The van der Waals surface area contributed by atoms with Crippen LogP contribution < -0.4 is 5.32 Å². The van der Waals surface area contributed by atoms with Crippen LogP contribution in [-0.2, 0) is 13.6 Å². The van der Waals surface area contributed by atoms with Crippen molar-refractivity contribution >= 4 is 6.03 Å². The molecule has 7 nitrogen and oxygen atoms in total. The Hall–Kier alpha value is -2.41. The van der Waals surface area contributed by atoms with E-state index in [1.165, 1.54) is 11.9 Å². The van der Waals surface area contributed by atoms with Gasteiger partial charge in [-0.3, -0.25) is 9.58 Å². The zero-order valence-electron chi connectivity index (χ0n) is 15.1. The van der Waals surface area contributed by atoms with Crippen molar-refractivity contribution < 1.29 is 4.79 Å². The van der Waals surface area contributed by atoms with Gasteiger partial charge in [0, 0.05) is 39.3 Å². The van der Waals surface area contributed by atoms with Crippen molar-refractivity contribution in [2.45, 2.75) is 32.0 Å². The van der Waals surface area contributed by atoms with Gasteiger partial charge >= 0.3 is 6.03 Å². The number of benzene rings is 1. The van der Waals surface area contributed by atoms with Crippen LogP contribution in [0.15, 0.2) is 36.7 Å². The van der Waals surface area contributed by atoms with Crippen LogP contribution in [-0.4, -0.2) is 56.8 Å². The first-order chi connectivity index (χ1) is 12.0. The number of amides is 2. The molecule has 2 heterocycles. The van der Waals surface area contributed by atoms with E-state index < -0.39 is 0 Å². The van der Waals surface area contributed by atoms with E-state index in [-0.39, 0.29) is 12.1 Å². The Morgan fingerprint density at radius 2 is 2.16 bits per heavy atom. The first kappa shape index (κ1) is 17.4. The fourth-order valence-corrected chi connectivity index (χ4v) is 3.23. The van der Waals surface area contributed by atoms with Crippen molar-refractivity contribution in [2.24, 2.45) is 7.05 Å². The molecule has 1 aliphatic heterocycles. The Bertz CT molecular complexity index is 701. The smallest absolute Gasteiger partial charge is 0.317 e. The molecule has 1 fully saturated rings. The van der Waals surface area contributed by atoms with Gasteiger partial charge in [-0.05, 0) is 18.9 Å². The van der Waals surface area contributed by atoms with Crippen molar-refractivity contribution in [2.75, 3.05) is 20.1 Å². The number of nitrogens with zero attached hydrogens (tertiary/aromatic N) is 5. The van der Waals surface area contributed by atoms with Gasteiger partial charge in [0.15, 0.2) is 0 Å². The molecule has 0 radical (unpaired) electrons. The number of hydrogen-bond acceptors (Lipinski definition) is 4. The highest BCUT2D eigenvalue weighted by atomic mass is 16.2. The predicted molar refractivity (Wildman–Crippen MR) is 95.8 cm³/mol. The molecule has 25 heavy (non-hydrogen) atoms. The molecule has 0 unspecified atom stereocenters. The number of urea groups is 1. The SMILES string of the molecule is C[C@@H](c1ccccc1)N1CC[C@H](NC(=O)N(C)Cc2ncnn2C)C1. The van der Waals surface area contributed by atoms with Crippen LogP contribution in [0.4, 0.5) is 4.79 Å². The van der Waals surface area contributed by atoms with E-state index in [0.29, 0.717) is 12.6 Å². The van der Waals surface area contributed by atoms with Gasteiger partial charge in [-0.15, -0.1) is 0 Å². The topological polar surface area (TPSA) is 66.3 Å². The van der Waals surface area contributed by atoms with Crippen LogP contribution >= 0.6 is 0 Å². The molecule has 1 aliphatic rings. The van der Waals surface area contributed by atoms with Gasteiger partial charge in [-0.1, -0.05) is 30.3 Å². The van der Waals surface area contributed by atoms with E-state index in [4.69, 9.17) is 0 Å². The van der Waals surface area contributed by atoms with Crippen molar-refractivity contribution in [1.29, 1.82) is 0 Å². The summed E-state index contributed by atoms with van der Waals surface area (Å²) in [6.45, 7) is 4.53. The average molecular weight is 342 g/mol. The van der Waals surface area contributed by atoms with Crippen LogP contribution in [0.2, 0.25) is 0 Å². The van der Waals surface area contributed by atoms with E-state index in [0.717, 1.165) is 25.3 Å². The monoisotopic (exact) mass is 342 g/mol. The number of hydrogen-bond donors (Lipinski definition) is 1. The van der Waals surface area contributed by atoms with E-state index in [2.05, 4.69) is 51.5 Å². The van der Waals surface area contributed by atoms with Crippen LogP contribution in [0, 0.1) is 0 Å². The summed E-state index contributed by atoms with van der Waals surface area (Å²) in [7, 11) is 3.61. The quantitative estimate of drug-likeness (QED) is 0.900. The molecule has 2 atom stereocenters. The van der Waals surface area contributed by atoms with Crippen molar-refractivity contribution in [1.82, 2.24) is 29.9 Å². The molecule has 2 aromatic rings. The van der Waals surface area contributed by atoms with E-state index in [1.54, 1.807) is 16.6 Å². The molecular formula is C18H26N6O. The Morgan fingerprint density at radius 1 is 1.40 bits per heavy atom. The maximum atomic E-state index is 12.4. The predicted octanol–water partition coefficient (Wildman–Crippen LogP) is 1.79. The van der Waals surface area contributed by atoms with E-state index in [1.807, 2.05) is 13.1 Å². The third-order valence-electron chi connectivity index (χ3n) is 4.91. The highest BCUT2D eigenvalue weighted by molar-refractivity contribution is 5.74. The number of aryl methyl sites for hydroxylation is 1. The summed E-state index contributed by atoms with van der Waals surface area (Å²) < 4.78 is 1.68. The third kappa shape index (κ3) is 4.17. The minimum Gasteiger partial charge on any atom is -0.334 e. The summed E-state index contributed by atoms with van der Waals surface area (Å²) in [6, 6.07) is 11.0. The molecule has 1 N–H and O–H groups in total. The van der Waals surface area contributed by atoms with Crippen LogP contribution in [0.1, 0.15) is 30.8 Å². The first-order valence-corrected chi connectivity index (χ1v) is 8.68. The Labute approximate surface area is 148 Å². The molecule has 1 aromatic heterocycles. The highest BCUT2D eigenvalue weighted by Gasteiger charge is 2.28. The van der Waals surface area contributed by atoms with Gasteiger partial charge in [-0.25, -0.2) is 9.78 Å². The Morgan fingerprint density at radius 3 is 2.84 bits per heavy atom. The van der Waals surface area contributed by atoms with E-state index in [9.17, 15) is 4.79 Å². The fourth-order valence-electron chi connectivity index (χ4n) is 3.23. The molecule has 0 saturated carbocycles. The van der Waals surface area contributed by atoms with Crippen molar-refractivity contribution in [3.8, 4) is 0 Å². The second kappa shape index (κ2) is 7.65. The summed E-state index contributed by atoms with van der Waals surface area (Å²) >= 11 is 0. The zero-order chi connectivity index (χ0) is 17.8. The molecule has 1 aromatic carbocycles. The lowest BCUT2D eigenvalue weighted by atomic mass is 10.1. The first-order valence-electron chi connectivity index (χ1n) is 8.68. The molecule has 1 saturated heterocycles. The van der Waals surface area contributed by atoms with Gasteiger partial charge in [0.25, 0.3) is 0 Å². The average Bonchev–Trinajstić information content (AvgIpc) is 3.24. The highest BCUT2D eigenvalue weighted by Crippen LogP contribution is 2.24. The van der Waals surface area contributed by atoms with Gasteiger partial charge < -0.3 is 10.2 Å². The van der Waals surface area contributed by atoms with Crippen LogP contribution in [0.3, 0.4) is 0 Å². The summed E-state index contributed by atoms with van der Waals surface area (Å²) in [4.78, 5) is 20.6. The van der Waals surface area contributed by atoms with E-state index >= 15 is 0 Å². The standard InChI is InChI=1S/C18H26N6O/c1-14(15-7-5-4-6-8-15)24-10-9-16(11-24)21-18(25)22(2)12-17-19-13-20-23(17)3/h4-8,13-14,16H,9-12H2,1-3H3,(H,21,25)/t14-,16-/m0/s1. The van der Waals surface area contributed by atoms with Gasteiger partial charge in [0.2, 0.25) is 0 Å². The molecule has 134 valence electrons. The lowest BCUT2D eigenvalue weighted by Gasteiger charge is -2.25. The molecule has 2 amide bonds. The lowest BCUT2D eigenvalue weighted by molar-refractivity contribution is 0.199. The largest absolute Gasteiger partial charge is 0.334 e. The minimum atomic E-state index is -0.0674. The second-order valence-electron chi connectivity index (χ2n) is 6.67. The number of rotatable bonds is 5. The number of carbonyl (C=O) groups excluding carboxylic acids is 1. The Kier molecular flexibility index (Phi) is 5.33. The van der Waals surface area contributed by atoms with Gasteiger partial charge in [0.05, 0.1) is 6.54 Å². The molecule has 0 aliphatic carbocycles. The van der Waals surface area contributed by atoms with Gasteiger partial charge in [-0.2, -0.15) is 5.10 Å². The molecule has 3 rings (SSSR count). The zero-order valence-corrected chi connectivity index (χ0v) is 15.1. The Balaban J connectivity index is 1.50. The number of nitrogens with one attached hydrogen (secondary N) is 1. The molecule has 0 spiro atoms. The van der Waals surface area contributed by atoms with Crippen LogP contribution in [0.25, 0.3) is 0 Å². The molecule has 0 bridgehead atoms. The maximum absolute atomic E-state index is 12.4. The van der Waals surface area contributed by atoms with Crippen LogP contribution in [0.5, 0.6) is 0 Å². The summed E-state index contributed by atoms with van der Waals surface area (Å²) in [5.74, 6) is 0.767.